The lowest BCUT2D eigenvalue weighted by Gasteiger charge is -2.12. The van der Waals surface area contributed by atoms with Gasteiger partial charge in [0, 0.05) is 5.69 Å². The molecule has 22 heavy (non-hydrogen) atoms. The first-order valence-electron chi connectivity index (χ1n) is 7.33. The van der Waals surface area contributed by atoms with E-state index in [1.54, 1.807) is 0 Å². The van der Waals surface area contributed by atoms with E-state index in [0.29, 0.717) is 11.0 Å². The van der Waals surface area contributed by atoms with Crippen molar-refractivity contribution in [3.05, 3.63) is 65.7 Å². The molecule has 0 aliphatic carbocycles. The SMILES string of the molecule is Cc1cccc(NC(=S)N/N=C(/c2ccccc2)C(C)C)c1. The van der Waals surface area contributed by atoms with E-state index in [2.05, 4.69) is 41.8 Å². The molecule has 0 heterocycles. The molecule has 0 saturated heterocycles. The molecule has 114 valence electrons. The molecule has 0 spiro atoms. The third kappa shape index (κ3) is 4.67. The first-order valence-corrected chi connectivity index (χ1v) is 7.74. The van der Waals surface area contributed by atoms with Crippen LogP contribution in [0, 0.1) is 12.8 Å². The van der Waals surface area contributed by atoms with Crippen LogP contribution in [0.15, 0.2) is 59.7 Å². The van der Waals surface area contributed by atoms with Crippen molar-refractivity contribution in [2.24, 2.45) is 11.0 Å². The quantitative estimate of drug-likeness (QED) is 0.501. The molecule has 4 heteroatoms. The minimum atomic E-state index is 0.302. The van der Waals surface area contributed by atoms with Crippen LogP contribution in [0.2, 0.25) is 0 Å². The van der Waals surface area contributed by atoms with Gasteiger partial charge < -0.3 is 5.32 Å². The Morgan fingerprint density at radius 3 is 2.41 bits per heavy atom. The Hall–Kier alpha value is -2.20. The van der Waals surface area contributed by atoms with Crippen molar-refractivity contribution in [1.29, 1.82) is 0 Å². The summed E-state index contributed by atoms with van der Waals surface area (Å²) in [5.41, 5.74) is 7.16. The summed E-state index contributed by atoms with van der Waals surface area (Å²) in [6.45, 7) is 6.28. The van der Waals surface area contributed by atoms with Crippen molar-refractivity contribution in [3.63, 3.8) is 0 Å². The Bertz CT molecular complexity index is 663. The largest absolute Gasteiger partial charge is 0.331 e. The summed E-state index contributed by atoms with van der Waals surface area (Å²) < 4.78 is 0. The van der Waals surface area contributed by atoms with Crippen LogP contribution in [0.25, 0.3) is 0 Å². The Balaban J connectivity index is 2.06. The maximum Gasteiger partial charge on any atom is 0.191 e. The molecule has 0 radical (unpaired) electrons. The molecule has 0 unspecified atom stereocenters. The second-order valence-corrected chi connectivity index (χ2v) is 5.86. The molecular weight excluding hydrogens is 290 g/mol. The number of nitrogens with zero attached hydrogens (tertiary/aromatic N) is 1. The van der Waals surface area contributed by atoms with Crippen molar-refractivity contribution in [2.75, 3.05) is 5.32 Å². The molecule has 3 nitrogen and oxygen atoms in total. The van der Waals surface area contributed by atoms with Gasteiger partial charge >= 0.3 is 0 Å². The summed E-state index contributed by atoms with van der Waals surface area (Å²) in [6.07, 6.45) is 0. The Morgan fingerprint density at radius 1 is 1.05 bits per heavy atom. The van der Waals surface area contributed by atoms with Gasteiger partial charge in [0.15, 0.2) is 5.11 Å². The number of hydrogen-bond acceptors (Lipinski definition) is 2. The minimum absolute atomic E-state index is 0.302. The van der Waals surface area contributed by atoms with Gasteiger partial charge in [-0.1, -0.05) is 56.3 Å². The third-order valence-corrected chi connectivity index (χ3v) is 3.36. The van der Waals surface area contributed by atoms with Gasteiger partial charge in [-0.25, -0.2) is 0 Å². The van der Waals surface area contributed by atoms with Crippen molar-refractivity contribution >= 4 is 28.7 Å². The number of nitrogens with one attached hydrogen (secondary N) is 2. The topological polar surface area (TPSA) is 36.4 Å². The molecule has 0 aliphatic rings. The van der Waals surface area contributed by atoms with Gasteiger partial charge in [-0.15, -0.1) is 0 Å². The lowest BCUT2D eigenvalue weighted by molar-refractivity contribution is 0.861. The lowest BCUT2D eigenvalue weighted by Crippen LogP contribution is -2.26. The molecule has 2 aromatic carbocycles. The van der Waals surface area contributed by atoms with Crippen molar-refractivity contribution in [3.8, 4) is 0 Å². The molecule has 2 N–H and O–H groups in total. The molecule has 0 aromatic heterocycles. The number of hydrogen-bond donors (Lipinski definition) is 2. The van der Waals surface area contributed by atoms with Crippen molar-refractivity contribution in [2.45, 2.75) is 20.8 Å². The van der Waals surface area contributed by atoms with Crippen LogP contribution in [-0.2, 0) is 0 Å². The summed E-state index contributed by atoms with van der Waals surface area (Å²) in [5.74, 6) is 0.302. The van der Waals surface area contributed by atoms with Crippen molar-refractivity contribution < 1.29 is 0 Å². The fourth-order valence-corrected chi connectivity index (χ4v) is 2.29. The van der Waals surface area contributed by atoms with E-state index in [-0.39, 0.29) is 0 Å². The predicted octanol–water partition coefficient (Wildman–Crippen LogP) is 4.34. The molecular formula is C18H21N3S. The molecule has 2 aromatic rings. The highest BCUT2D eigenvalue weighted by Crippen LogP contribution is 2.10. The highest BCUT2D eigenvalue weighted by molar-refractivity contribution is 7.80. The molecule has 0 amide bonds. The van der Waals surface area contributed by atoms with Crippen LogP contribution < -0.4 is 10.7 Å². The number of benzene rings is 2. The summed E-state index contributed by atoms with van der Waals surface area (Å²) in [4.78, 5) is 0. The molecule has 0 atom stereocenters. The smallest absolute Gasteiger partial charge is 0.191 e. The van der Waals surface area contributed by atoms with Gasteiger partial charge in [0.25, 0.3) is 0 Å². The molecule has 0 fully saturated rings. The minimum Gasteiger partial charge on any atom is -0.331 e. The number of rotatable bonds is 4. The van der Waals surface area contributed by atoms with E-state index in [0.717, 1.165) is 17.0 Å². The number of aryl methyl sites for hydroxylation is 1. The fourth-order valence-electron chi connectivity index (χ4n) is 2.13. The van der Waals surface area contributed by atoms with Gasteiger partial charge in [0.05, 0.1) is 5.71 Å². The molecule has 0 aliphatic heterocycles. The summed E-state index contributed by atoms with van der Waals surface area (Å²) in [5, 5.41) is 8.10. The summed E-state index contributed by atoms with van der Waals surface area (Å²) in [6, 6.07) is 18.2. The highest BCUT2D eigenvalue weighted by atomic mass is 32.1. The van der Waals surface area contributed by atoms with Gasteiger partial charge in [-0.05, 0) is 48.3 Å². The number of hydrazone groups is 1. The van der Waals surface area contributed by atoms with Gasteiger partial charge in [-0.3, -0.25) is 5.43 Å². The fraction of sp³-hybridized carbons (Fsp3) is 0.222. The Morgan fingerprint density at radius 2 is 1.77 bits per heavy atom. The molecule has 0 bridgehead atoms. The summed E-state index contributed by atoms with van der Waals surface area (Å²) >= 11 is 5.30. The van der Waals surface area contributed by atoms with Crippen LogP contribution in [0.4, 0.5) is 5.69 Å². The molecule has 2 rings (SSSR count). The zero-order valence-corrected chi connectivity index (χ0v) is 13.9. The Kier molecular flexibility index (Phi) is 5.67. The maximum absolute atomic E-state index is 5.30. The number of thiocarbonyl (C=S) groups is 1. The average molecular weight is 311 g/mol. The van der Waals surface area contributed by atoms with E-state index in [9.17, 15) is 0 Å². The first-order chi connectivity index (χ1) is 10.6. The summed E-state index contributed by atoms with van der Waals surface area (Å²) in [7, 11) is 0. The van der Waals surface area contributed by atoms with Gasteiger partial charge in [-0.2, -0.15) is 5.10 Å². The van der Waals surface area contributed by atoms with E-state index in [4.69, 9.17) is 12.2 Å². The first kappa shape index (κ1) is 16.2. The normalized spacial score (nSPS) is 11.4. The number of anilines is 1. The van der Waals surface area contributed by atoms with Gasteiger partial charge in [0.2, 0.25) is 0 Å². The van der Waals surface area contributed by atoms with E-state index >= 15 is 0 Å². The van der Waals surface area contributed by atoms with Crippen LogP contribution in [0.1, 0.15) is 25.0 Å². The van der Waals surface area contributed by atoms with E-state index in [1.165, 1.54) is 5.56 Å². The third-order valence-electron chi connectivity index (χ3n) is 3.17. The second-order valence-electron chi connectivity index (χ2n) is 5.45. The van der Waals surface area contributed by atoms with Crippen LogP contribution in [0.5, 0.6) is 0 Å². The standard InChI is InChI=1S/C18H21N3S/c1-13(2)17(15-9-5-4-6-10-15)20-21-18(22)19-16-11-7-8-14(3)12-16/h4-13H,1-3H3,(H2,19,21,22)/b20-17+. The monoisotopic (exact) mass is 311 g/mol. The molecule has 0 saturated carbocycles. The van der Waals surface area contributed by atoms with Crippen LogP contribution in [-0.4, -0.2) is 10.8 Å². The average Bonchev–Trinajstić information content (AvgIpc) is 2.48. The predicted molar refractivity (Wildman–Crippen MR) is 98.4 cm³/mol. The zero-order valence-electron chi connectivity index (χ0n) is 13.1. The van der Waals surface area contributed by atoms with Crippen molar-refractivity contribution in [1.82, 2.24) is 5.43 Å². The van der Waals surface area contributed by atoms with Crippen LogP contribution >= 0.6 is 12.2 Å². The zero-order chi connectivity index (χ0) is 15.9. The Labute approximate surface area is 137 Å². The van der Waals surface area contributed by atoms with E-state index < -0.39 is 0 Å². The van der Waals surface area contributed by atoms with E-state index in [1.807, 2.05) is 49.4 Å². The highest BCUT2D eigenvalue weighted by Gasteiger charge is 2.08. The maximum atomic E-state index is 5.30. The van der Waals surface area contributed by atoms with Crippen LogP contribution in [0.3, 0.4) is 0 Å². The lowest BCUT2D eigenvalue weighted by atomic mass is 10.0. The van der Waals surface area contributed by atoms with Gasteiger partial charge in [0.1, 0.15) is 0 Å². The second kappa shape index (κ2) is 7.71.